The molecule has 0 N–H and O–H groups in total. The summed E-state index contributed by atoms with van der Waals surface area (Å²) in [5, 5.41) is 10.8. The van der Waals surface area contributed by atoms with Gasteiger partial charge in [-0.2, -0.15) is 0 Å². The van der Waals surface area contributed by atoms with Crippen LogP contribution in [0.25, 0.3) is 0 Å². The minimum atomic E-state index is -0.903. The molecule has 0 aliphatic carbocycles. The van der Waals surface area contributed by atoms with E-state index in [1.54, 1.807) is 0 Å². The Morgan fingerprint density at radius 3 is 1.03 bits per heavy atom. The number of hydrogen-bond donors (Lipinski definition) is 0. The van der Waals surface area contributed by atoms with E-state index in [0.29, 0.717) is 0 Å². The van der Waals surface area contributed by atoms with Crippen LogP contribution in [0.5, 0.6) is 0 Å². The molecule has 0 saturated carbocycles. The topological polar surface area (TPSA) is 43.4 Å². The third kappa shape index (κ3) is 30.1. The van der Waals surface area contributed by atoms with E-state index in [0.717, 1.165) is 26.1 Å². The molecular weight excluding hydrogens is 413 g/mol. The molecule has 0 atom stereocenters. The Balaban J connectivity index is 0. The van der Waals surface area contributed by atoms with Crippen LogP contribution < -0.4 is 24.0 Å². The van der Waals surface area contributed by atoms with E-state index < -0.39 is 5.97 Å². The summed E-state index contributed by atoms with van der Waals surface area (Å²) < 4.78 is 0. The number of carbonyl (C=O) groups excluding carboxylic acids is 1. The molecule has 0 saturated heterocycles. The van der Waals surface area contributed by atoms with Gasteiger partial charge in [0.05, 0.1) is 0 Å². The van der Waals surface area contributed by atoms with Crippen molar-refractivity contribution in [1.82, 2.24) is 4.90 Å². The third-order valence-corrected chi connectivity index (χ3v) is 7.01. The van der Waals surface area contributed by atoms with Crippen molar-refractivity contribution in [3.05, 3.63) is 0 Å². The Morgan fingerprint density at radius 2 is 0.735 bits per heavy atom. The van der Waals surface area contributed by atoms with E-state index in [4.69, 9.17) is 0 Å². The van der Waals surface area contributed by atoms with Gasteiger partial charge in [-0.3, -0.25) is 0 Å². The van der Waals surface area contributed by atoms with Gasteiger partial charge in [0.15, 0.2) is 0 Å². The SMILES string of the molecule is CCCCCCCCCCCCCN(CCCCCCCCCCCCC)CCCC(=O)[O-].[Li+]. The zero-order valence-electron chi connectivity index (χ0n) is 23.9. The van der Waals surface area contributed by atoms with Crippen LogP contribution >= 0.6 is 0 Å². The fourth-order valence-corrected chi connectivity index (χ4v) is 4.78. The van der Waals surface area contributed by atoms with Crippen LogP contribution in [0.3, 0.4) is 0 Å². The standard InChI is InChI=1S/C30H61NO2.Li/c1-3-5-7-9-11-13-15-17-19-21-23-27-31(29-25-26-30(32)33)28-24-22-20-18-16-14-12-10-8-6-4-2;/h3-29H2,1-2H3,(H,32,33);/q;+1/p-1. The minimum Gasteiger partial charge on any atom is -0.550 e. The summed E-state index contributed by atoms with van der Waals surface area (Å²) in [5.74, 6) is -0.903. The molecule has 0 amide bonds. The zero-order chi connectivity index (χ0) is 24.2. The Bertz CT molecular complexity index is 366. The van der Waals surface area contributed by atoms with Gasteiger partial charge in [-0.15, -0.1) is 0 Å². The number of aliphatic carboxylic acids is 1. The molecule has 0 radical (unpaired) electrons. The smallest absolute Gasteiger partial charge is 0.550 e. The van der Waals surface area contributed by atoms with Crippen molar-refractivity contribution in [2.24, 2.45) is 0 Å². The normalized spacial score (nSPS) is 11.1. The summed E-state index contributed by atoms with van der Waals surface area (Å²) in [4.78, 5) is 13.3. The number of carboxylic acid groups (broad SMARTS) is 1. The Hall–Kier alpha value is 0.0274. The van der Waals surface area contributed by atoms with Crippen LogP contribution in [0.4, 0.5) is 0 Å². The maximum absolute atomic E-state index is 10.8. The van der Waals surface area contributed by atoms with Gasteiger partial charge in [-0.25, -0.2) is 0 Å². The second-order valence-electron chi connectivity index (χ2n) is 10.4. The monoisotopic (exact) mass is 473 g/mol. The summed E-state index contributed by atoms with van der Waals surface area (Å²) in [7, 11) is 0. The average molecular weight is 474 g/mol. The molecule has 0 heterocycles. The fraction of sp³-hybridized carbons (Fsp3) is 0.967. The minimum absolute atomic E-state index is 0. The molecule has 4 heteroatoms. The third-order valence-electron chi connectivity index (χ3n) is 7.01. The maximum Gasteiger partial charge on any atom is 1.00 e. The molecule has 0 aromatic carbocycles. The molecule has 0 rings (SSSR count). The number of carbonyl (C=O) groups is 1. The second kappa shape index (κ2) is 31.1. The van der Waals surface area contributed by atoms with E-state index in [1.807, 2.05) is 0 Å². The Kier molecular flexibility index (Phi) is 33.1. The molecule has 34 heavy (non-hydrogen) atoms. The molecule has 3 nitrogen and oxygen atoms in total. The number of carboxylic acids is 1. The van der Waals surface area contributed by atoms with Crippen molar-refractivity contribution in [3.8, 4) is 0 Å². The molecule has 0 aromatic heterocycles. The molecule has 198 valence electrons. The van der Waals surface area contributed by atoms with Gasteiger partial charge < -0.3 is 14.8 Å². The maximum atomic E-state index is 10.8. The van der Waals surface area contributed by atoms with Crippen LogP contribution in [0, 0.1) is 0 Å². The van der Waals surface area contributed by atoms with Crippen LogP contribution in [-0.4, -0.2) is 30.5 Å². The Labute approximate surface area is 226 Å². The summed E-state index contributed by atoms with van der Waals surface area (Å²) in [6.45, 7) is 7.76. The molecule has 0 spiro atoms. The number of nitrogens with zero attached hydrogens (tertiary/aromatic N) is 1. The van der Waals surface area contributed by atoms with Gasteiger partial charge in [0.2, 0.25) is 0 Å². The summed E-state index contributed by atoms with van der Waals surface area (Å²) in [6.07, 6.45) is 31.3. The molecule has 0 aliphatic rings. The first-order valence-corrected chi connectivity index (χ1v) is 15.1. The van der Waals surface area contributed by atoms with Crippen LogP contribution in [0.15, 0.2) is 0 Å². The molecular formula is C30H60LiNO2. The van der Waals surface area contributed by atoms with Gasteiger partial charge >= 0.3 is 18.9 Å². The predicted octanol–water partition coefficient (Wildman–Crippen LogP) is 5.44. The van der Waals surface area contributed by atoms with Crippen LogP contribution in [-0.2, 0) is 4.79 Å². The molecule has 0 fully saturated rings. The van der Waals surface area contributed by atoms with Crippen molar-refractivity contribution in [3.63, 3.8) is 0 Å². The van der Waals surface area contributed by atoms with Crippen LogP contribution in [0.2, 0.25) is 0 Å². The number of hydrogen-bond acceptors (Lipinski definition) is 3. The predicted molar refractivity (Wildman–Crippen MR) is 144 cm³/mol. The number of unbranched alkanes of at least 4 members (excludes halogenated alkanes) is 20. The Morgan fingerprint density at radius 1 is 0.471 bits per heavy atom. The van der Waals surface area contributed by atoms with E-state index in [9.17, 15) is 9.90 Å². The zero-order valence-corrected chi connectivity index (χ0v) is 23.9. The first-order valence-electron chi connectivity index (χ1n) is 15.1. The van der Waals surface area contributed by atoms with Gasteiger partial charge in [-0.05, 0) is 45.3 Å². The summed E-state index contributed by atoms with van der Waals surface area (Å²) in [6, 6.07) is 0. The molecule has 0 aliphatic heterocycles. The quantitative estimate of drug-likeness (QED) is 0.112. The van der Waals surface area contributed by atoms with Crippen molar-refractivity contribution in [2.45, 2.75) is 168 Å². The second-order valence-corrected chi connectivity index (χ2v) is 10.4. The molecule has 0 bridgehead atoms. The summed E-state index contributed by atoms with van der Waals surface area (Å²) >= 11 is 0. The molecule has 0 aromatic rings. The fourth-order valence-electron chi connectivity index (χ4n) is 4.78. The van der Waals surface area contributed by atoms with E-state index >= 15 is 0 Å². The van der Waals surface area contributed by atoms with Crippen LogP contribution in [0.1, 0.15) is 168 Å². The van der Waals surface area contributed by atoms with Gasteiger partial charge in [-0.1, -0.05) is 142 Å². The first-order chi connectivity index (χ1) is 16.2. The van der Waals surface area contributed by atoms with E-state index in [1.165, 1.54) is 141 Å². The largest absolute Gasteiger partial charge is 1.00 e. The summed E-state index contributed by atoms with van der Waals surface area (Å²) in [5.41, 5.74) is 0. The first kappa shape index (κ1) is 36.2. The van der Waals surface area contributed by atoms with Crippen molar-refractivity contribution >= 4 is 5.97 Å². The van der Waals surface area contributed by atoms with E-state index in [-0.39, 0.29) is 25.3 Å². The van der Waals surface area contributed by atoms with E-state index in [2.05, 4.69) is 18.7 Å². The molecule has 0 unspecified atom stereocenters. The van der Waals surface area contributed by atoms with Crippen molar-refractivity contribution < 1.29 is 28.8 Å². The number of rotatable bonds is 28. The van der Waals surface area contributed by atoms with Gasteiger partial charge in [0.25, 0.3) is 0 Å². The van der Waals surface area contributed by atoms with Gasteiger partial charge in [0.1, 0.15) is 0 Å². The van der Waals surface area contributed by atoms with Gasteiger partial charge in [0, 0.05) is 5.97 Å². The van der Waals surface area contributed by atoms with Crippen molar-refractivity contribution in [2.75, 3.05) is 19.6 Å². The average Bonchev–Trinajstić information content (AvgIpc) is 2.80. The van der Waals surface area contributed by atoms with Crippen molar-refractivity contribution in [1.29, 1.82) is 0 Å².